The van der Waals surface area contributed by atoms with Gasteiger partial charge in [-0.1, -0.05) is 32.0 Å². The molecule has 0 spiro atoms. The maximum Gasteiger partial charge on any atom is 0.281 e. The molecule has 11 heteroatoms. The highest BCUT2D eigenvalue weighted by atomic mass is 32.2. The van der Waals surface area contributed by atoms with E-state index in [1.807, 2.05) is 43.0 Å². The van der Waals surface area contributed by atoms with E-state index in [0.717, 1.165) is 17.7 Å². The molecular weight excluding hydrogens is 509 g/mol. The van der Waals surface area contributed by atoms with Crippen molar-refractivity contribution in [2.45, 2.75) is 25.3 Å². The van der Waals surface area contributed by atoms with E-state index in [1.54, 1.807) is 12.1 Å². The molecule has 9 nitrogen and oxygen atoms in total. The van der Waals surface area contributed by atoms with Crippen molar-refractivity contribution < 1.29 is 22.3 Å². The lowest BCUT2D eigenvalue weighted by molar-refractivity contribution is 0.0981. The summed E-state index contributed by atoms with van der Waals surface area (Å²) in [7, 11) is -4.18. The molecule has 2 N–H and O–H groups in total. The maximum atomic E-state index is 14.5. The molecule has 0 saturated carbocycles. The second-order valence-corrected chi connectivity index (χ2v) is 11.0. The van der Waals surface area contributed by atoms with E-state index in [1.165, 1.54) is 30.5 Å². The number of sulfonamides is 1. The molecule has 0 aliphatic carbocycles. The van der Waals surface area contributed by atoms with Gasteiger partial charge >= 0.3 is 0 Å². The fourth-order valence-corrected chi connectivity index (χ4v) is 5.11. The van der Waals surface area contributed by atoms with Gasteiger partial charge in [0.2, 0.25) is 0 Å². The van der Waals surface area contributed by atoms with Crippen LogP contribution in [0.25, 0.3) is 11.3 Å². The van der Waals surface area contributed by atoms with Gasteiger partial charge < -0.3 is 9.64 Å². The molecule has 4 aromatic rings. The van der Waals surface area contributed by atoms with E-state index in [-0.39, 0.29) is 22.3 Å². The Labute approximate surface area is 219 Å². The number of nitrogens with zero attached hydrogens (tertiary/aromatic N) is 3. The minimum absolute atomic E-state index is 0.0567. The summed E-state index contributed by atoms with van der Waals surface area (Å²) in [6.07, 6.45) is 2.00. The molecule has 196 valence electrons. The second kappa shape index (κ2) is 10.3. The van der Waals surface area contributed by atoms with Gasteiger partial charge in [0, 0.05) is 23.9 Å². The molecule has 2 aromatic carbocycles. The molecule has 1 aliphatic heterocycles. The molecule has 38 heavy (non-hydrogen) atoms. The molecule has 1 aliphatic rings. The third kappa shape index (κ3) is 5.23. The van der Waals surface area contributed by atoms with Crippen LogP contribution in [0.2, 0.25) is 0 Å². The second-order valence-electron chi connectivity index (χ2n) is 9.33. The Bertz CT molecular complexity index is 1590. The first-order valence-electron chi connectivity index (χ1n) is 12.1. The van der Waals surface area contributed by atoms with Crippen molar-refractivity contribution in [1.82, 2.24) is 19.9 Å². The average molecular weight is 536 g/mol. The van der Waals surface area contributed by atoms with Gasteiger partial charge in [-0.25, -0.2) is 14.1 Å². The highest BCUT2D eigenvalue weighted by molar-refractivity contribution is 7.90. The molecule has 1 amide bonds. The van der Waals surface area contributed by atoms with Crippen LogP contribution in [0.15, 0.2) is 71.9 Å². The van der Waals surface area contributed by atoms with E-state index in [4.69, 9.17) is 9.72 Å². The van der Waals surface area contributed by atoms with Crippen molar-refractivity contribution in [2.24, 2.45) is 5.92 Å². The van der Waals surface area contributed by atoms with Crippen LogP contribution in [-0.2, 0) is 16.4 Å². The molecule has 0 radical (unpaired) electrons. The number of amides is 1. The lowest BCUT2D eigenvalue weighted by atomic mass is 10.1. The van der Waals surface area contributed by atoms with Crippen LogP contribution in [0.5, 0.6) is 5.75 Å². The lowest BCUT2D eigenvalue weighted by Crippen LogP contribution is -2.32. The third-order valence-electron chi connectivity index (χ3n) is 6.00. The predicted molar refractivity (Wildman–Crippen MR) is 140 cm³/mol. The number of H-pyrrole nitrogens is 1. The fourth-order valence-electron chi connectivity index (χ4n) is 4.23. The third-order valence-corrected chi connectivity index (χ3v) is 7.27. The Morgan fingerprint density at radius 2 is 1.97 bits per heavy atom. The van der Waals surface area contributed by atoms with Crippen LogP contribution in [0.3, 0.4) is 0 Å². The first kappa shape index (κ1) is 25.4. The number of para-hydroxylation sites is 1. The summed E-state index contributed by atoms with van der Waals surface area (Å²) in [6, 6.07) is 16.4. The summed E-state index contributed by atoms with van der Waals surface area (Å²) >= 11 is 0. The molecule has 0 saturated heterocycles. The van der Waals surface area contributed by atoms with Gasteiger partial charge in [0.1, 0.15) is 17.4 Å². The highest BCUT2D eigenvalue weighted by Gasteiger charge is 2.28. The van der Waals surface area contributed by atoms with Crippen molar-refractivity contribution in [2.75, 3.05) is 18.1 Å². The number of rotatable bonds is 8. The molecular formula is C27H26FN5O4S. The summed E-state index contributed by atoms with van der Waals surface area (Å²) in [5.41, 5.74) is 2.87. The van der Waals surface area contributed by atoms with E-state index in [0.29, 0.717) is 30.2 Å². The number of anilines is 2. The van der Waals surface area contributed by atoms with Crippen molar-refractivity contribution in [3.63, 3.8) is 0 Å². The zero-order valence-corrected chi connectivity index (χ0v) is 21.6. The van der Waals surface area contributed by atoms with E-state index in [9.17, 15) is 17.6 Å². The van der Waals surface area contributed by atoms with E-state index in [2.05, 4.69) is 14.9 Å². The monoisotopic (exact) mass is 535 g/mol. The van der Waals surface area contributed by atoms with Crippen LogP contribution >= 0.6 is 0 Å². The van der Waals surface area contributed by atoms with Gasteiger partial charge in [-0.15, -0.1) is 0 Å². The Morgan fingerprint density at radius 1 is 1.16 bits per heavy atom. The molecule has 0 unspecified atom stereocenters. The highest BCUT2D eigenvalue weighted by Crippen LogP contribution is 2.37. The fraction of sp³-hybridized carbons (Fsp3) is 0.222. The van der Waals surface area contributed by atoms with Crippen LogP contribution in [0.1, 0.15) is 29.8 Å². The molecule has 0 bridgehead atoms. The van der Waals surface area contributed by atoms with Crippen molar-refractivity contribution in [1.29, 1.82) is 0 Å². The maximum absolute atomic E-state index is 14.5. The standard InChI is InChI=1S/C27H26FN5O4S/c1-17(2)16-37-21-14-19(13-20(28)15-21)23-8-7-22(27(34)32-38(35,36)25-9-11-29-31-25)26(30-23)33-12-10-18-5-3-4-6-24(18)33/h3-9,11,13-15,17H,10,12,16H2,1-2H3,(H,29,31)(H,32,34). The molecule has 5 rings (SSSR count). The average Bonchev–Trinajstić information content (AvgIpc) is 3.58. The quantitative estimate of drug-likeness (QED) is 0.342. The number of aromatic amines is 1. The zero-order valence-electron chi connectivity index (χ0n) is 20.8. The minimum atomic E-state index is -4.18. The SMILES string of the molecule is CC(C)COc1cc(F)cc(-c2ccc(C(=O)NS(=O)(=O)c3ccn[nH]3)c(N3CCc4ccccc43)n2)c1. The van der Waals surface area contributed by atoms with Crippen LogP contribution < -0.4 is 14.4 Å². The number of aromatic nitrogens is 3. The van der Waals surface area contributed by atoms with E-state index >= 15 is 0 Å². The Hall–Kier alpha value is -4.25. The largest absolute Gasteiger partial charge is 0.493 e. The van der Waals surface area contributed by atoms with Gasteiger partial charge in [0.05, 0.1) is 24.1 Å². The smallest absolute Gasteiger partial charge is 0.281 e. The predicted octanol–water partition coefficient (Wildman–Crippen LogP) is 4.46. The molecule has 3 heterocycles. The summed E-state index contributed by atoms with van der Waals surface area (Å²) in [5.74, 6) is -0.436. The topological polar surface area (TPSA) is 117 Å². The number of ether oxygens (including phenoxy) is 1. The zero-order chi connectivity index (χ0) is 26.9. The van der Waals surface area contributed by atoms with E-state index < -0.39 is 21.7 Å². The summed E-state index contributed by atoms with van der Waals surface area (Å²) in [6.45, 7) is 4.96. The summed E-state index contributed by atoms with van der Waals surface area (Å²) < 4.78 is 47.7. The number of nitrogens with one attached hydrogen (secondary N) is 2. The first-order chi connectivity index (χ1) is 18.2. The molecule has 0 fully saturated rings. The van der Waals surface area contributed by atoms with Crippen LogP contribution in [-0.4, -0.2) is 42.7 Å². The number of pyridine rings is 1. The van der Waals surface area contributed by atoms with Crippen LogP contribution in [0, 0.1) is 11.7 Å². The number of hydrogen-bond acceptors (Lipinski definition) is 7. The lowest BCUT2D eigenvalue weighted by Gasteiger charge is -2.22. The number of halogens is 1. The number of carbonyl (C=O) groups excluding carboxylic acids is 1. The number of hydrogen-bond donors (Lipinski definition) is 2. The van der Waals surface area contributed by atoms with Crippen molar-refractivity contribution in [3.05, 3.63) is 83.8 Å². The van der Waals surface area contributed by atoms with Crippen LogP contribution in [0.4, 0.5) is 15.9 Å². The molecule has 0 atom stereocenters. The van der Waals surface area contributed by atoms with Gasteiger partial charge in [-0.05, 0) is 54.3 Å². The van der Waals surface area contributed by atoms with Crippen molar-refractivity contribution >= 4 is 27.4 Å². The number of fused-ring (bicyclic) bond motifs is 1. The minimum Gasteiger partial charge on any atom is -0.493 e. The van der Waals surface area contributed by atoms with Gasteiger partial charge in [-0.2, -0.15) is 13.5 Å². The van der Waals surface area contributed by atoms with Gasteiger partial charge in [0.25, 0.3) is 15.9 Å². The summed E-state index contributed by atoms with van der Waals surface area (Å²) in [4.78, 5) is 19.9. The van der Waals surface area contributed by atoms with Gasteiger partial charge in [0.15, 0.2) is 5.03 Å². The Balaban J connectivity index is 1.57. The first-order valence-corrected chi connectivity index (χ1v) is 13.6. The van der Waals surface area contributed by atoms with Gasteiger partial charge in [-0.3, -0.25) is 9.89 Å². The Morgan fingerprint density at radius 3 is 2.74 bits per heavy atom. The molecule has 2 aromatic heterocycles. The normalized spacial score (nSPS) is 13.0. The number of benzene rings is 2. The summed E-state index contributed by atoms with van der Waals surface area (Å²) in [5, 5.41) is 5.75. The Kier molecular flexibility index (Phi) is 6.85. The number of carbonyl (C=O) groups is 1. The van der Waals surface area contributed by atoms with Crippen molar-refractivity contribution in [3.8, 4) is 17.0 Å².